The van der Waals surface area contributed by atoms with Crippen molar-refractivity contribution in [3.63, 3.8) is 0 Å². The lowest BCUT2D eigenvalue weighted by Crippen LogP contribution is -2.36. The van der Waals surface area contributed by atoms with Crippen LogP contribution in [-0.2, 0) is 14.3 Å². The fourth-order valence-electron chi connectivity index (χ4n) is 5.16. The lowest BCUT2D eigenvalue weighted by molar-refractivity contribution is -0.123. The van der Waals surface area contributed by atoms with E-state index < -0.39 is 42.0 Å². The fraction of sp³-hybridized carbons (Fsp3) is 0.364. The van der Waals surface area contributed by atoms with Crippen molar-refractivity contribution in [2.75, 3.05) is 50.9 Å². The maximum atomic E-state index is 14.8. The number of ether oxygens (including phenoxy) is 2. The molecule has 2 aromatic carbocycles. The lowest BCUT2D eigenvalue weighted by atomic mass is 10.0. The van der Waals surface area contributed by atoms with Crippen LogP contribution in [0.1, 0.15) is 36.6 Å². The molecule has 1 saturated heterocycles. The molecular formula is C33H36F2N6O6S2. The van der Waals surface area contributed by atoms with Gasteiger partial charge in [-0.15, -0.1) is 22.7 Å². The summed E-state index contributed by atoms with van der Waals surface area (Å²) in [5.41, 5.74) is 4.93. The summed E-state index contributed by atoms with van der Waals surface area (Å²) in [6.07, 6.45) is -0.278. The third-order valence-electron chi connectivity index (χ3n) is 7.70. The van der Waals surface area contributed by atoms with E-state index in [9.17, 15) is 28.3 Å². The van der Waals surface area contributed by atoms with E-state index in [1.807, 2.05) is 19.1 Å². The Morgan fingerprint density at radius 2 is 1.73 bits per heavy atom. The van der Waals surface area contributed by atoms with Crippen LogP contribution < -0.4 is 25.6 Å². The van der Waals surface area contributed by atoms with Crippen molar-refractivity contribution in [1.82, 2.24) is 25.9 Å². The van der Waals surface area contributed by atoms with E-state index in [-0.39, 0.29) is 24.4 Å². The van der Waals surface area contributed by atoms with Gasteiger partial charge in [0.2, 0.25) is 11.7 Å². The monoisotopic (exact) mass is 714 g/mol. The first-order chi connectivity index (χ1) is 23.7. The van der Waals surface area contributed by atoms with Crippen molar-refractivity contribution in [1.29, 1.82) is 0 Å². The molecule has 4 N–H and O–H groups in total. The molecule has 49 heavy (non-hydrogen) atoms. The molecule has 1 unspecified atom stereocenters. The van der Waals surface area contributed by atoms with Crippen LogP contribution >= 0.6 is 22.7 Å². The van der Waals surface area contributed by atoms with Crippen LogP contribution in [0.5, 0.6) is 5.75 Å². The van der Waals surface area contributed by atoms with Crippen molar-refractivity contribution in [3.05, 3.63) is 70.2 Å². The molecule has 3 heterocycles. The molecule has 12 nitrogen and oxygen atoms in total. The van der Waals surface area contributed by atoms with Crippen molar-refractivity contribution in [2.24, 2.45) is 0 Å². The zero-order valence-corrected chi connectivity index (χ0v) is 28.3. The minimum atomic E-state index is -1.24. The number of halogens is 2. The number of nitrogens with one attached hydrogen (secondary N) is 3. The first-order valence-corrected chi connectivity index (χ1v) is 17.4. The molecule has 0 saturated carbocycles. The molecule has 1 aliphatic heterocycles. The molecule has 16 heteroatoms. The fourth-order valence-corrected chi connectivity index (χ4v) is 6.85. The number of benzene rings is 2. The second-order valence-electron chi connectivity index (χ2n) is 11.1. The highest BCUT2D eigenvalue weighted by atomic mass is 32.1. The Balaban J connectivity index is 1.04. The van der Waals surface area contributed by atoms with Gasteiger partial charge in [0.15, 0.2) is 23.3 Å². The normalized spacial score (nSPS) is 13.5. The molecule has 1 atom stereocenters. The van der Waals surface area contributed by atoms with E-state index >= 15 is 0 Å². The Morgan fingerprint density at radius 1 is 1.02 bits per heavy atom. The van der Waals surface area contributed by atoms with Crippen molar-refractivity contribution < 1.29 is 37.7 Å². The molecule has 0 bridgehead atoms. The highest BCUT2D eigenvalue weighted by molar-refractivity contribution is 7.14. The predicted molar refractivity (Wildman–Crippen MR) is 182 cm³/mol. The van der Waals surface area contributed by atoms with Crippen LogP contribution in [0.4, 0.5) is 18.7 Å². The molecule has 0 spiro atoms. The summed E-state index contributed by atoms with van der Waals surface area (Å²) in [5.74, 6) is -3.55. The van der Waals surface area contributed by atoms with Gasteiger partial charge in [-0.3, -0.25) is 9.59 Å². The molecule has 0 aliphatic carbocycles. The van der Waals surface area contributed by atoms with Crippen molar-refractivity contribution in [2.45, 2.75) is 32.2 Å². The number of carbonyl (C=O) groups excluding carboxylic acids is 2. The number of carboxylic acid groups (broad SMARTS) is 1. The minimum absolute atomic E-state index is 0.0899. The van der Waals surface area contributed by atoms with Gasteiger partial charge in [-0.1, -0.05) is 24.3 Å². The number of hydrogen-bond donors (Lipinski definition) is 4. The van der Waals surface area contributed by atoms with Crippen LogP contribution in [-0.4, -0.2) is 79.0 Å². The highest BCUT2D eigenvalue weighted by Crippen LogP contribution is 2.36. The Kier molecular flexibility index (Phi) is 12.5. The summed E-state index contributed by atoms with van der Waals surface area (Å²) in [5, 5.41) is 19.6. The maximum Gasteiger partial charge on any atom is 0.405 e. The number of anilines is 1. The number of nitrogens with zero attached hydrogens (tertiary/aromatic N) is 3. The summed E-state index contributed by atoms with van der Waals surface area (Å²) < 4.78 is 39.7. The Morgan fingerprint density at radius 3 is 2.41 bits per heavy atom. The molecule has 4 aromatic rings. The largest absolute Gasteiger partial charge is 0.480 e. The quantitative estimate of drug-likeness (QED) is 0.123. The first-order valence-electron chi connectivity index (χ1n) is 15.6. The number of morpholine rings is 1. The molecule has 1 aliphatic rings. The third kappa shape index (κ3) is 9.70. The van der Waals surface area contributed by atoms with E-state index in [4.69, 9.17) is 9.47 Å². The SMILES string of the molecule is Cc1ncsc1-c1ccc(C(CC(=O)NCCCCNC(=O)COc2c(-c3csc(N4CCOCC4)n3)ccc(F)c2F)NC(=O)O)cc1. The Labute approximate surface area is 289 Å². The smallest absolute Gasteiger partial charge is 0.405 e. The van der Waals surface area contributed by atoms with Crippen molar-refractivity contribution >= 4 is 45.7 Å². The van der Waals surface area contributed by atoms with E-state index in [1.54, 1.807) is 23.0 Å². The average molecular weight is 715 g/mol. The number of hydrogen-bond acceptors (Lipinski definition) is 10. The van der Waals surface area contributed by atoms with Crippen LogP contribution in [0.2, 0.25) is 0 Å². The highest BCUT2D eigenvalue weighted by Gasteiger charge is 2.22. The summed E-state index contributed by atoms with van der Waals surface area (Å²) in [7, 11) is 0. The van der Waals surface area contributed by atoms with Gasteiger partial charge in [0, 0.05) is 37.1 Å². The van der Waals surface area contributed by atoms with Gasteiger partial charge in [-0.25, -0.2) is 19.2 Å². The number of thiazole rings is 2. The predicted octanol–water partition coefficient (Wildman–Crippen LogP) is 5.15. The van der Waals surface area contributed by atoms with E-state index in [0.717, 1.165) is 27.3 Å². The molecule has 5 rings (SSSR count). The van der Waals surface area contributed by atoms with Crippen LogP contribution in [0.3, 0.4) is 0 Å². The lowest BCUT2D eigenvalue weighted by Gasteiger charge is -2.26. The molecular weight excluding hydrogens is 679 g/mol. The summed E-state index contributed by atoms with van der Waals surface area (Å²) in [6, 6.07) is 8.97. The molecule has 1 fully saturated rings. The van der Waals surface area contributed by atoms with Crippen molar-refractivity contribution in [3.8, 4) is 27.4 Å². The van der Waals surface area contributed by atoms with Gasteiger partial charge in [-0.05, 0) is 43.0 Å². The summed E-state index contributed by atoms with van der Waals surface area (Å²) >= 11 is 2.89. The first kappa shape index (κ1) is 35.6. The Hall–Kier alpha value is -4.67. The van der Waals surface area contributed by atoms with E-state index in [2.05, 4.69) is 30.8 Å². The second-order valence-corrected chi connectivity index (χ2v) is 12.8. The molecule has 0 radical (unpaired) electrons. The van der Waals surface area contributed by atoms with Gasteiger partial charge in [0.1, 0.15) is 0 Å². The zero-order valence-electron chi connectivity index (χ0n) is 26.7. The second kappa shape index (κ2) is 17.1. The third-order valence-corrected chi connectivity index (χ3v) is 9.58. The number of carbonyl (C=O) groups is 3. The number of amides is 3. The standard InChI is InChI=1S/C33H36F2N6O6S2/c1-20-31(49-19-38-20)22-6-4-21(5-7-22)25(40-33(44)45)16-27(42)36-10-2-3-11-37-28(43)17-47-30-23(8-9-24(34)29(30)35)26-18-48-32(39-26)41-12-14-46-15-13-41/h4-9,18-19,25,40H,2-3,10-17H2,1H3,(H,36,42)(H,37,43)(H,44,45). The van der Waals surface area contributed by atoms with Gasteiger partial charge in [-0.2, -0.15) is 4.39 Å². The number of aromatic nitrogens is 2. The average Bonchev–Trinajstić information content (AvgIpc) is 3.76. The van der Waals surface area contributed by atoms with Gasteiger partial charge < -0.3 is 35.4 Å². The maximum absolute atomic E-state index is 14.8. The van der Waals surface area contributed by atoms with E-state index in [0.29, 0.717) is 56.9 Å². The molecule has 3 amide bonds. The number of unbranched alkanes of at least 4 members (excludes halogenated alkanes) is 1. The zero-order chi connectivity index (χ0) is 34.8. The van der Waals surface area contributed by atoms with Crippen LogP contribution in [0.15, 0.2) is 47.3 Å². The summed E-state index contributed by atoms with van der Waals surface area (Å²) in [6.45, 7) is 4.47. The minimum Gasteiger partial charge on any atom is -0.480 e. The summed E-state index contributed by atoms with van der Waals surface area (Å²) in [4.78, 5) is 48.4. The molecule has 260 valence electrons. The number of rotatable bonds is 15. The molecule has 2 aromatic heterocycles. The van der Waals surface area contributed by atoms with Gasteiger partial charge in [0.05, 0.1) is 47.5 Å². The topological polar surface area (TPSA) is 155 Å². The van der Waals surface area contributed by atoms with Crippen LogP contribution in [0, 0.1) is 18.6 Å². The van der Waals surface area contributed by atoms with Crippen LogP contribution in [0.25, 0.3) is 21.7 Å². The van der Waals surface area contributed by atoms with Gasteiger partial charge in [0.25, 0.3) is 5.91 Å². The Bertz CT molecular complexity index is 1750. The van der Waals surface area contributed by atoms with E-state index in [1.165, 1.54) is 28.7 Å². The van der Waals surface area contributed by atoms with Gasteiger partial charge >= 0.3 is 6.09 Å². The number of aryl methyl sites for hydroxylation is 1.